The Morgan fingerprint density at radius 1 is 1.45 bits per heavy atom. The van der Waals surface area contributed by atoms with Crippen LogP contribution in [0, 0.1) is 5.92 Å². The second-order valence-electron chi connectivity index (χ2n) is 5.34. The molecule has 2 aliphatic heterocycles. The molecule has 0 spiro atoms. The number of alkyl halides is 3. The van der Waals surface area contributed by atoms with Crippen LogP contribution in [0.3, 0.4) is 0 Å². The van der Waals surface area contributed by atoms with Gasteiger partial charge >= 0.3 is 6.18 Å². The number of rotatable bonds is 3. The van der Waals surface area contributed by atoms with Crippen LogP contribution < -0.4 is 10.6 Å². The first kappa shape index (κ1) is 15.1. The van der Waals surface area contributed by atoms with Crippen LogP contribution in [0.15, 0.2) is 0 Å². The summed E-state index contributed by atoms with van der Waals surface area (Å²) < 4.78 is 36.8. The fourth-order valence-corrected chi connectivity index (χ4v) is 2.63. The van der Waals surface area contributed by atoms with Crippen LogP contribution >= 0.6 is 0 Å². The normalized spacial score (nSPS) is 27.8. The molecular formula is C12H18F3N3O2. The quantitative estimate of drug-likeness (QED) is 0.785. The highest BCUT2D eigenvalue weighted by molar-refractivity contribution is 5.83. The van der Waals surface area contributed by atoms with Crippen LogP contribution in [0.5, 0.6) is 0 Å². The molecule has 0 radical (unpaired) electrons. The minimum Gasteiger partial charge on any atom is -0.351 e. The van der Waals surface area contributed by atoms with Gasteiger partial charge < -0.3 is 15.5 Å². The molecule has 5 nitrogen and oxygen atoms in total. The second-order valence-corrected chi connectivity index (χ2v) is 5.34. The first-order chi connectivity index (χ1) is 9.35. The highest BCUT2D eigenvalue weighted by Gasteiger charge is 2.39. The van der Waals surface area contributed by atoms with E-state index in [0.717, 1.165) is 24.3 Å². The largest absolute Gasteiger partial charge is 0.406 e. The second kappa shape index (κ2) is 5.99. The van der Waals surface area contributed by atoms with Crippen molar-refractivity contribution < 1.29 is 22.8 Å². The number of amides is 2. The first-order valence-corrected chi connectivity index (χ1v) is 6.71. The minimum atomic E-state index is -4.40. The van der Waals surface area contributed by atoms with E-state index >= 15 is 0 Å². The molecule has 0 aromatic heterocycles. The summed E-state index contributed by atoms with van der Waals surface area (Å²) in [4.78, 5) is 24.2. The Labute approximate surface area is 114 Å². The van der Waals surface area contributed by atoms with E-state index in [9.17, 15) is 22.8 Å². The Hall–Kier alpha value is -1.31. The van der Waals surface area contributed by atoms with E-state index in [1.165, 1.54) is 0 Å². The van der Waals surface area contributed by atoms with Crippen molar-refractivity contribution in [3.63, 3.8) is 0 Å². The van der Waals surface area contributed by atoms with Crippen LogP contribution in [-0.4, -0.2) is 55.1 Å². The molecule has 2 N–H and O–H groups in total. The average Bonchev–Trinajstić information content (AvgIpc) is 2.68. The van der Waals surface area contributed by atoms with Gasteiger partial charge in [0.1, 0.15) is 6.54 Å². The van der Waals surface area contributed by atoms with Crippen molar-refractivity contribution in [2.24, 2.45) is 5.92 Å². The maximum atomic E-state index is 12.3. The standard InChI is InChI=1S/C12H18F3N3O2/c13-12(14,15)7-18-6-9(4-10(18)19)17-11(20)8-2-1-3-16-5-8/h8-9,16H,1-7H2,(H,17,20)/t8-,9-/m0/s1. The molecule has 0 unspecified atom stereocenters. The first-order valence-electron chi connectivity index (χ1n) is 6.71. The number of carbonyl (C=O) groups excluding carboxylic acids is 2. The van der Waals surface area contributed by atoms with Crippen LogP contribution in [0.4, 0.5) is 13.2 Å². The molecule has 0 aromatic rings. The molecule has 2 saturated heterocycles. The predicted octanol–water partition coefficient (Wildman–Crippen LogP) is 0.265. The number of nitrogens with zero attached hydrogens (tertiary/aromatic N) is 1. The van der Waals surface area contributed by atoms with E-state index in [0.29, 0.717) is 6.54 Å². The minimum absolute atomic E-state index is 0.0536. The topological polar surface area (TPSA) is 61.4 Å². The van der Waals surface area contributed by atoms with Crippen LogP contribution in [0.1, 0.15) is 19.3 Å². The molecule has 114 valence electrons. The lowest BCUT2D eigenvalue weighted by Crippen LogP contribution is -2.45. The molecule has 8 heteroatoms. The van der Waals surface area contributed by atoms with E-state index in [2.05, 4.69) is 10.6 Å². The molecule has 0 aromatic carbocycles. The zero-order valence-electron chi connectivity index (χ0n) is 11.0. The summed E-state index contributed by atoms with van der Waals surface area (Å²) in [6.07, 6.45) is -2.78. The lowest BCUT2D eigenvalue weighted by Gasteiger charge is -2.24. The summed E-state index contributed by atoms with van der Waals surface area (Å²) in [5.74, 6) is -0.895. The summed E-state index contributed by atoms with van der Waals surface area (Å²) in [6, 6.07) is -0.515. The van der Waals surface area contributed by atoms with Crippen molar-refractivity contribution in [3.8, 4) is 0 Å². The Morgan fingerprint density at radius 3 is 2.80 bits per heavy atom. The number of halogens is 3. The van der Waals surface area contributed by atoms with E-state index in [-0.39, 0.29) is 24.8 Å². The number of hydrogen-bond donors (Lipinski definition) is 2. The van der Waals surface area contributed by atoms with E-state index in [4.69, 9.17) is 0 Å². The van der Waals surface area contributed by atoms with Gasteiger partial charge in [0.2, 0.25) is 11.8 Å². The van der Waals surface area contributed by atoms with Gasteiger partial charge in [0.15, 0.2) is 0 Å². The summed E-state index contributed by atoms with van der Waals surface area (Å²) in [5.41, 5.74) is 0. The number of hydrogen-bond acceptors (Lipinski definition) is 3. The van der Waals surface area contributed by atoms with Crippen LogP contribution in [0.25, 0.3) is 0 Å². The molecule has 2 amide bonds. The summed E-state index contributed by atoms with van der Waals surface area (Å²) in [5, 5.41) is 5.79. The third kappa shape index (κ3) is 4.09. The van der Waals surface area contributed by atoms with Crippen molar-refractivity contribution in [2.75, 3.05) is 26.2 Å². The fourth-order valence-electron chi connectivity index (χ4n) is 2.63. The number of nitrogens with one attached hydrogen (secondary N) is 2. The summed E-state index contributed by atoms with van der Waals surface area (Å²) in [7, 11) is 0. The molecule has 0 aliphatic carbocycles. The molecule has 20 heavy (non-hydrogen) atoms. The van der Waals surface area contributed by atoms with Gasteiger partial charge in [0.25, 0.3) is 0 Å². The third-order valence-electron chi connectivity index (χ3n) is 3.60. The average molecular weight is 293 g/mol. The summed E-state index contributed by atoms with van der Waals surface area (Å²) >= 11 is 0. The molecule has 2 fully saturated rings. The monoisotopic (exact) mass is 293 g/mol. The zero-order chi connectivity index (χ0) is 14.8. The summed E-state index contributed by atoms with van der Waals surface area (Å²) in [6.45, 7) is 0.150. The van der Waals surface area contributed by atoms with E-state index in [1.807, 2.05) is 0 Å². The van der Waals surface area contributed by atoms with Crippen molar-refractivity contribution in [3.05, 3.63) is 0 Å². The number of piperidine rings is 1. The van der Waals surface area contributed by atoms with Gasteiger partial charge in [0.05, 0.1) is 12.0 Å². The van der Waals surface area contributed by atoms with Gasteiger partial charge in [0, 0.05) is 19.5 Å². The molecule has 0 bridgehead atoms. The van der Waals surface area contributed by atoms with Crippen molar-refractivity contribution in [2.45, 2.75) is 31.5 Å². The van der Waals surface area contributed by atoms with E-state index < -0.39 is 24.7 Å². The van der Waals surface area contributed by atoms with Gasteiger partial charge in [-0.15, -0.1) is 0 Å². The maximum absolute atomic E-state index is 12.3. The van der Waals surface area contributed by atoms with Gasteiger partial charge in [-0.3, -0.25) is 9.59 Å². The maximum Gasteiger partial charge on any atom is 0.406 e. The number of carbonyl (C=O) groups is 2. The predicted molar refractivity (Wildman–Crippen MR) is 64.8 cm³/mol. The van der Waals surface area contributed by atoms with Crippen LogP contribution in [-0.2, 0) is 9.59 Å². The smallest absolute Gasteiger partial charge is 0.351 e. The van der Waals surface area contributed by atoms with Crippen molar-refractivity contribution >= 4 is 11.8 Å². The third-order valence-corrected chi connectivity index (χ3v) is 3.60. The Balaban J connectivity index is 1.82. The molecule has 2 atom stereocenters. The fraction of sp³-hybridized carbons (Fsp3) is 0.833. The Morgan fingerprint density at radius 2 is 2.20 bits per heavy atom. The van der Waals surface area contributed by atoms with Crippen molar-refractivity contribution in [1.82, 2.24) is 15.5 Å². The number of likely N-dealkylation sites (tertiary alicyclic amines) is 1. The molecule has 2 rings (SSSR count). The van der Waals surface area contributed by atoms with E-state index in [1.54, 1.807) is 0 Å². The Bertz CT molecular complexity index is 381. The lowest BCUT2D eigenvalue weighted by atomic mass is 9.98. The lowest BCUT2D eigenvalue weighted by molar-refractivity contribution is -0.157. The molecule has 2 heterocycles. The highest BCUT2D eigenvalue weighted by Crippen LogP contribution is 2.21. The van der Waals surface area contributed by atoms with Gasteiger partial charge in [-0.05, 0) is 19.4 Å². The highest BCUT2D eigenvalue weighted by atomic mass is 19.4. The molecule has 0 saturated carbocycles. The molecular weight excluding hydrogens is 275 g/mol. The SMILES string of the molecule is O=C(N[C@H]1CC(=O)N(CC(F)(F)F)C1)[C@H]1CCCNC1. The molecule has 2 aliphatic rings. The van der Waals surface area contributed by atoms with Crippen LogP contribution in [0.2, 0.25) is 0 Å². The van der Waals surface area contributed by atoms with Crippen molar-refractivity contribution in [1.29, 1.82) is 0 Å². The zero-order valence-corrected chi connectivity index (χ0v) is 11.0. The van der Waals surface area contributed by atoms with Gasteiger partial charge in [-0.2, -0.15) is 13.2 Å². The van der Waals surface area contributed by atoms with Gasteiger partial charge in [-0.25, -0.2) is 0 Å². The Kier molecular flexibility index (Phi) is 4.52. The van der Waals surface area contributed by atoms with Gasteiger partial charge in [-0.1, -0.05) is 0 Å².